The Labute approximate surface area is 136 Å². The van der Waals surface area contributed by atoms with Crippen LogP contribution in [0.2, 0.25) is 5.02 Å². The number of aromatic nitrogens is 2. The maximum absolute atomic E-state index is 13.9. The molecule has 0 spiro atoms. The van der Waals surface area contributed by atoms with Gasteiger partial charge >= 0.3 is 0 Å². The van der Waals surface area contributed by atoms with E-state index in [9.17, 15) is 9.18 Å². The SMILES string of the molecule is Cc1cc(NC(=O)c2ccco2)nn1Cc1c(F)cccc1Cl. The van der Waals surface area contributed by atoms with E-state index >= 15 is 0 Å². The number of carbonyl (C=O) groups is 1. The summed E-state index contributed by atoms with van der Waals surface area (Å²) in [6, 6.07) is 9.39. The lowest BCUT2D eigenvalue weighted by Gasteiger charge is -2.07. The maximum atomic E-state index is 13.9. The van der Waals surface area contributed by atoms with Crippen LogP contribution in [0.4, 0.5) is 10.2 Å². The van der Waals surface area contributed by atoms with E-state index in [2.05, 4.69) is 10.4 Å². The smallest absolute Gasteiger partial charge is 0.292 e. The molecule has 0 saturated carbocycles. The van der Waals surface area contributed by atoms with Crippen molar-refractivity contribution in [3.05, 3.63) is 70.5 Å². The van der Waals surface area contributed by atoms with Gasteiger partial charge in [-0.25, -0.2) is 4.39 Å². The Morgan fingerprint density at radius 1 is 1.39 bits per heavy atom. The average Bonchev–Trinajstić information content (AvgIpc) is 3.13. The summed E-state index contributed by atoms with van der Waals surface area (Å²) in [7, 11) is 0. The lowest BCUT2D eigenvalue weighted by atomic mass is 10.2. The number of carbonyl (C=O) groups excluding carboxylic acids is 1. The number of rotatable bonds is 4. The van der Waals surface area contributed by atoms with Crippen LogP contribution < -0.4 is 5.32 Å². The Kier molecular flexibility index (Phi) is 4.16. The molecule has 0 aliphatic heterocycles. The largest absolute Gasteiger partial charge is 0.459 e. The Morgan fingerprint density at radius 3 is 2.91 bits per heavy atom. The third-order valence-corrected chi connectivity index (χ3v) is 3.69. The predicted octanol–water partition coefficient (Wildman–Crippen LogP) is 3.88. The predicted molar refractivity (Wildman–Crippen MR) is 84.1 cm³/mol. The van der Waals surface area contributed by atoms with E-state index in [-0.39, 0.29) is 12.3 Å². The maximum Gasteiger partial charge on any atom is 0.292 e. The van der Waals surface area contributed by atoms with Gasteiger partial charge in [0.05, 0.1) is 12.8 Å². The van der Waals surface area contributed by atoms with Crippen LogP contribution in [0.1, 0.15) is 21.8 Å². The second kappa shape index (κ2) is 6.26. The topological polar surface area (TPSA) is 60.1 Å². The molecule has 7 heteroatoms. The summed E-state index contributed by atoms with van der Waals surface area (Å²) in [6.07, 6.45) is 1.42. The van der Waals surface area contributed by atoms with Crippen molar-refractivity contribution in [1.29, 1.82) is 0 Å². The zero-order valence-corrected chi connectivity index (χ0v) is 13.0. The fourth-order valence-corrected chi connectivity index (χ4v) is 2.37. The Morgan fingerprint density at radius 2 is 2.22 bits per heavy atom. The molecule has 3 rings (SSSR count). The molecule has 1 aromatic carbocycles. The van der Waals surface area contributed by atoms with Crippen LogP contribution in [0.3, 0.4) is 0 Å². The third-order valence-electron chi connectivity index (χ3n) is 3.34. The second-order valence-corrected chi connectivity index (χ2v) is 5.37. The van der Waals surface area contributed by atoms with Gasteiger partial charge in [-0.3, -0.25) is 9.48 Å². The molecule has 0 radical (unpaired) electrons. The number of furan rings is 1. The number of aryl methyl sites for hydroxylation is 1. The summed E-state index contributed by atoms with van der Waals surface area (Å²) < 4.78 is 20.5. The number of anilines is 1. The molecule has 0 fully saturated rings. The first-order chi connectivity index (χ1) is 11.0. The van der Waals surface area contributed by atoms with Crippen molar-refractivity contribution in [2.75, 3.05) is 5.32 Å². The Bertz CT molecular complexity index is 823. The lowest BCUT2D eigenvalue weighted by molar-refractivity contribution is 0.0996. The summed E-state index contributed by atoms with van der Waals surface area (Å²) in [4.78, 5) is 11.9. The molecule has 1 N–H and O–H groups in total. The van der Waals surface area contributed by atoms with E-state index in [1.165, 1.54) is 12.3 Å². The minimum Gasteiger partial charge on any atom is -0.459 e. The van der Waals surface area contributed by atoms with Crippen LogP contribution in [0.25, 0.3) is 0 Å². The normalized spacial score (nSPS) is 10.7. The Hall–Kier alpha value is -2.60. The molecular weight excluding hydrogens is 321 g/mol. The van der Waals surface area contributed by atoms with Gasteiger partial charge in [0.2, 0.25) is 0 Å². The van der Waals surface area contributed by atoms with Gasteiger partial charge in [-0.2, -0.15) is 5.10 Å². The Balaban J connectivity index is 1.80. The van der Waals surface area contributed by atoms with Gasteiger partial charge in [0.15, 0.2) is 11.6 Å². The van der Waals surface area contributed by atoms with Gasteiger partial charge in [-0.05, 0) is 31.2 Å². The molecule has 23 heavy (non-hydrogen) atoms. The van der Waals surface area contributed by atoms with Crippen molar-refractivity contribution in [2.24, 2.45) is 0 Å². The zero-order chi connectivity index (χ0) is 16.4. The van der Waals surface area contributed by atoms with Crippen LogP contribution in [-0.2, 0) is 6.54 Å². The summed E-state index contributed by atoms with van der Waals surface area (Å²) in [5.74, 6) is -0.247. The molecule has 0 unspecified atom stereocenters. The molecule has 1 amide bonds. The van der Waals surface area contributed by atoms with Gasteiger partial charge in [0.25, 0.3) is 5.91 Å². The fraction of sp³-hybridized carbons (Fsp3) is 0.125. The summed E-state index contributed by atoms with van der Waals surface area (Å²) in [5.41, 5.74) is 1.11. The molecule has 0 atom stereocenters. The van der Waals surface area contributed by atoms with Crippen molar-refractivity contribution in [3.8, 4) is 0 Å². The van der Waals surface area contributed by atoms with Gasteiger partial charge in [0, 0.05) is 22.3 Å². The van der Waals surface area contributed by atoms with Crippen molar-refractivity contribution < 1.29 is 13.6 Å². The van der Waals surface area contributed by atoms with Crippen molar-refractivity contribution in [1.82, 2.24) is 9.78 Å². The number of hydrogen-bond acceptors (Lipinski definition) is 3. The van der Waals surface area contributed by atoms with Crippen molar-refractivity contribution in [2.45, 2.75) is 13.5 Å². The van der Waals surface area contributed by atoms with Gasteiger partial charge < -0.3 is 9.73 Å². The van der Waals surface area contributed by atoms with E-state index in [1.54, 1.807) is 35.0 Å². The third kappa shape index (κ3) is 3.27. The zero-order valence-electron chi connectivity index (χ0n) is 12.2. The first-order valence-corrected chi connectivity index (χ1v) is 7.24. The summed E-state index contributed by atoms with van der Waals surface area (Å²) in [6.45, 7) is 1.98. The molecule has 0 aliphatic rings. The number of nitrogens with one attached hydrogen (secondary N) is 1. The number of halogens is 2. The molecular formula is C16H13ClFN3O2. The molecule has 0 aliphatic carbocycles. The molecule has 5 nitrogen and oxygen atoms in total. The first kappa shape index (κ1) is 15.3. The highest BCUT2D eigenvalue weighted by Gasteiger charge is 2.14. The van der Waals surface area contributed by atoms with Crippen molar-refractivity contribution in [3.63, 3.8) is 0 Å². The second-order valence-electron chi connectivity index (χ2n) is 4.96. The standard InChI is InChI=1S/C16H13ClFN3O2/c1-10-8-15(19-16(22)14-6-3-7-23-14)20-21(10)9-11-12(17)4-2-5-13(11)18/h2-8H,9H2,1H3,(H,19,20,22). The van der Waals surface area contributed by atoms with Crippen LogP contribution >= 0.6 is 11.6 Å². The van der Waals surface area contributed by atoms with Gasteiger partial charge in [-0.1, -0.05) is 17.7 Å². The fourth-order valence-electron chi connectivity index (χ4n) is 2.15. The van der Waals surface area contributed by atoms with Crippen LogP contribution in [0.15, 0.2) is 47.1 Å². The first-order valence-electron chi connectivity index (χ1n) is 6.87. The number of hydrogen-bond donors (Lipinski definition) is 1. The number of amides is 1. The van der Waals surface area contributed by atoms with Gasteiger partial charge in [-0.15, -0.1) is 0 Å². The average molecular weight is 334 g/mol. The molecule has 118 valence electrons. The van der Waals surface area contributed by atoms with Crippen LogP contribution in [-0.4, -0.2) is 15.7 Å². The van der Waals surface area contributed by atoms with E-state index in [0.717, 1.165) is 5.69 Å². The lowest BCUT2D eigenvalue weighted by Crippen LogP contribution is -2.12. The molecule has 2 heterocycles. The highest BCUT2D eigenvalue weighted by molar-refractivity contribution is 6.31. The highest BCUT2D eigenvalue weighted by Crippen LogP contribution is 2.21. The quantitative estimate of drug-likeness (QED) is 0.788. The number of nitrogens with zero attached hydrogens (tertiary/aromatic N) is 2. The highest BCUT2D eigenvalue weighted by atomic mass is 35.5. The summed E-state index contributed by atoms with van der Waals surface area (Å²) >= 11 is 6.03. The molecule has 0 bridgehead atoms. The molecule has 3 aromatic rings. The van der Waals surface area contributed by atoms with E-state index in [1.807, 2.05) is 6.92 Å². The molecule has 2 aromatic heterocycles. The monoisotopic (exact) mass is 333 g/mol. The van der Waals surface area contributed by atoms with Crippen LogP contribution in [0, 0.1) is 12.7 Å². The number of benzene rings is 1. The minimum atomic E-state index is -0.399. The summed E-state index contributed by atoms with van der Waals surface area (Å²) in [5, 5.41) is 7.22. The van der Waals surface area contributed by atoms with Crippen molar-refractivity contribution >= 4 is 23.3 Å². The van der Waals surface area contributed by atoms with Crippen LogP contribution in [0.5, 0.6) is 0 Å². The van der Waals surface area contributed by atoms with E-state index < -0.39 is 11.7 Å². The van der Waals surface area contributed by atoms with E-state index in [0.29, 0.717) is 16.4 Å². The van der Waals surface area contributed by atoms with E-state index in [4.69, 9.17) is 16.0 Å². The minimum absolute atomic E-state index is 0.175. The van der Waals surface area contributed by atoms with Gasteiger partial charge in [0.1, 0.15) is 5.82 Å². The molecule has 0 saturated heterocycles.